The van der Waals surface area contributed by atoms with Gasteiger partial charge in [-0.3, -0.25) is 0 Å². The van der Waals surface area contributed by atoms with Crippen molar-refractivity contribution in [3.05, 3.63) is 29.3 Å². The lowest BCUT2D eigenvalue weighted by molar-refractivity contribution is 0.532. The maximum absolute atomic E-state index is 11.9. The Morgan fingerprint density at radius 1 is 1.35 bits per heavy atom. The van der Waals surface area contributed by atoms with Gasteiger partial charge in [0.2, 0.25) is 10.0 Å². The minimum Gasteiger partial charge on any atom is -0.211 e. The number of hydrogen-bond donors (Lipinski definition) is 1. The quantitative estimate of drug-likeness (QED) is 0.809. The van der Waals surface area contributed by atoms with Crippen molar-refractivity contribution in [1.29, 1.82) is 0 Å². The van der Waals surface area contributed by atoms with Crippen molar-refractivity contribution in [2.75, 3.05) is 11.9 Å². The number of nitrogens with one attached hydrogen (secondary N) is 1. The van der Waals surface area contributed by atoms with Gasteiger partial charge in [-0.15, -0.1) is 0 Å². The summed E-state index contributed by atoms with van der Waals surface area (Å²) in [5, 5.41) is 1.40. The molecule has 1 aromatic carbocycles. The molecular weight excluding hydrogens is 326 g/mol. The van der Waals surface area contributed by atoms with Crippen LogP contribution in [0.1, 0.15) is 13.3 Å². The summed E-state index contributed by atoms with van der Waals surface area (Å²) in [7, 11) is -3.41. The third-order valence-electron chi connectivity index (χ3n) is 2.35. The smallest absolute Gasteiger partial charge is 0.211 e. The molecule has 6 heteroatoms. The maximum atomic E-state index is 11.9. The number of benzene rings is 1. The van der Waals surface area contributed by atoms with Gasteiger partial charge in [0.1, 0.15) is 0 Å². The first-order chi connectivity index (χ1) is 7.95. The highest BCUT2D eigenvalue weighted by atomic mass is 79.9. The van der Waals surface area contributed by atoms with Gasteiger partial charge in [-0.05, 0) is 36.6 Å². The fourth-order valence-electron chi connectivity index (χ4n) is 1.24. The van der Waals surface area contributed by atoms with E-state index in [0.717, 1.165) is 11.8 Å². The monoisotopic (exact) mass is 339 g/mol. The van der Waals surface area contributed by atoms with E-state index >= 15 is 0 Å². The molecule has 0 spiro atoms. The molecule has 1 rings (SSSR count). The summed E-state index contributed by atoms with van der Waals surface area (Å²) in [6, 6.07) is 6.13. The fourth-order valence-corrected chi connectivity index (χ4v) is 3.31. The van der Waals surface area contributed by atoms with Crippen LogP contribution in [0.3, 0.4) is 0 Å². The van der Waals surface area contributed by atoms with E-state index in [1.165, 1.54) is 12.1 Å². The Hall–Kier alpha value is -0.100. The standard InChI is InChI=1S/C11H15BrClNO2S/c1-9(6-7-12)8-14-17(15,16)11-4-2-10(13)3-5-11/h2-5,9,14H,6-8H2,1H3. The summed E-state index contributed by atoms with van der Waals surface area (Å²) in [5.41, 5.74) is 0. The van der Waals surface area contributed by atoms with Crippen molar-refractivity contribution < 1.29 is 8.42 Å². The molecular formula is C11H15BrClNO2S. The zero-order valence-corrected chi connectivity index (χ0v) is 12.6. The highest BCUT2D eigenvalue weighted by Gasteiger charge is 2.14. The first-order valence-electron chi connectivity index (χ1n) is 5.27. The number of rotatable bonds is 6. The van der Waals surface area contributed by atoms with Gasteiger partial charge in [-0.25, -0.2) is 13.1 Å². The van der Waals surface area contributed by atoms with E-state index in [0.29, 0.717) is 17.5 Å². The van der Waals surface area contributed by atoms with Crippen LogP contribution in [0.2, 0.25) is 5.02 Å². The molecule has 3 nitrogen and oxygen atoms in total. The molecule has 1 atom stereocenters. The molecule has 0 fully saturated rings. The fraction of sp³-hybridized carbons (Fsp3) is 0.455. The summed E-state index contributed by atoms with van der Waals surface area (Å²) in [6.07, 6.45) is 0.934. The Balaban J connectivity index is 2.66. The number of halogens is 2. The zero-order valence-electron chi connectivity index (χ0n) is 9.49. The average Bonchev–Trinajstić information content (AvgIpc) is 2.28. The van der Waals surface area contributed by atoms with Gasteiger partial charge < -0.3 is 0 Å². The van der Waals surface area contributed by atoms with Gasteiger partial charge in [0, 0.05) is 16.9 Å². The van der Waals surface area contributed by atoms with E-state index < -0.39 is 10.0 Å². The number of hydrogen-bond acceptors (Lipinski definition) is 2. The molecule has 0 amide bonds. The van der Waals surface area contributed by atoms with Crippen LogP contribution in [-0.4, -0.2) is 20.3 Å². The molecule has 0 aliphatic heterocycles. The topological polar surface area (TPSA) is 46.2 Å². The van der Waals surface area contributed by atoms with Crippen LogP contribution in [0, 0.1) is 5.92 Å². The van der Waals surface area contributed by atoms with Crippen molar-refractivity contribution in [1.82, 2.24) is 4.72 Å². The predicted octanol–water partition coefficient (Wildman–Crippen LogP) is 3.04. The lowest BCUT2D eigenvalue weighted by atomic mass is 10.1. The van der Waals surface area contributed by atoms with Gasteiger partial charge in [-0.1, -0.05) is 34.5 Å². The molecule has 1 N–H and O–H groups in total. The van der Waals surface area contributed by atoms with E-state index in [4.69, 9.17) is 11.6 Å². The predicted molar refractivity (Wildman–Crippen MR) is 74.2 cm³/mol. The van der Waals surface area contributed by atoms with Crippen molar-refractivity contribution in [2.45, 2.75) is 18.2 Å². The van der Waals surface area contributed by atoms with Crippen LogP contribution in [-0.2, 0) is 10.0 Å². The zero-order chi connectivity index (χ0) is 12.9. The van der Waals surface area contributed by atoms with Gasteiger partial charge in [0.15, 0.2) is 0 Å². The van der Waals surface area contributed by atoms with Crippen molar-refractivity contribution in [2.24, 2.45) is 5.92 Å². The Morgan fingerprint density at radius 2 is 1.94 bits per heavy atom. The molecule has 0 heterocycles. The summed E-state index contributed by atoms with van der Waals surface area (Å²) in [6.45, 7) is 2.45. The van der Waals surface area contributed by atoms with E-state index in [-0.39, 0.29) is 4.90 Å². The SMILES string of the molecule is CC(CCBr)CNS(=O)(=O)c1ccc(Cl)cc1. The van der Waals surface area contributed by atoms with E-state index in [9.17, 15) is 8.42 Å². The molecule has 96 valence electrons. The van der Waals surface area contributed by atoms with Gasteiger partial charge in [-0.2, -0.15) is 0 Å². The number of alkyl halides is 1. The van der Waals surface area contributed by atoms with E-state index in [2.05, 4.69) is 20.7 Å². The first kappa shape index (κ1) is 15.0. The third-order valence-corrected chi connectivity index (χ3v) is 4.50. The second kappa shape index (κ2) is 6.73. The molecule has 0 bridgehead atoms. The van der Waals surface area contributed by atoms with Crippen molar-refractivity contribution in [3.63, 3.8) is 0 Å². The van der Waals surface area contributed by atoms with Crippen LogP contribution in [0.25, 0.3) is 0 Å². The normalized spacial score (nSPS) is 13.6. The van der Waals surface area contributed by atoms with Crippen LogP contribution in [0.15, 0.2) is 29.2 Å². The van der Waals surface area contributed by atoms with Crippen molar-refractivity contribution in [3.8, 4) is 0 Å². The molecule has 1 aromatic rings. The van der Waals surface area contributed by atoms with Crippen LogP contribution in [0.4, 0.5) is 0 Å². The first-order valence-corrected chi connectivity index (χ1v) is 8.25. The second-order valence-corrected chi connectivity index (χ2v) is 6.89. The van der Waals surface area contributed by atoms with E-state index in [1.807, 2.05) is 6.92 Å². The van der Waals surface area contributed by atoms with Gasteiger partial charge in [0.25, 0.3) is 0 Å². The number of sulfonamides is 1. The lowest BCUT2D eigenvalue weighted by Gasteiger charge is -2.11. The summed E-state index contributed by atoms with van der Waals surface area (Å²) >= 11 is 9.04. The summed E-state index contributed by atoms with van der Waals surface area (Å²) in [5.74, 6) is 0.302. The lowest BCUT2D eigenvalue weighted by Crippen LogP contribution is -2.28. The Morgan fingerprint density at radius 3 is 2.47 bits per heavy atom. The molecule has 17 heavy (non-hydrogen) atoms. The summed E-state index contributed by atoms with van der Waals surface area (Å²) < 4.78 is 26.4. The van der Waals surface area contributed by atoms with Crippen LogP contribution in [0.5, 0.6) is 0 Å². The molecule has 0 aliphatic rings. The third kappa shape index (κ3) is 4.95. The van der Waals surface area contributed by atoms with Crippen LogP contribution >= 0.6 is 27.5 Å². The van der Waals surface area contributed by atoms with Crippen LogP contribution < -0.4 is 4.72 Å². The average molecular weight is 341 g/mol. The highest BCUT2D eigenvalue weighted by Crippen LogP contribution is 2.14. The highest BCUT2D eigenvalue weighted by molar-refractivity contribution is 9.09. The van der Waals surface area contributed by atoms with E-state index in [1.54, 1.807) is 12.1 Å². The molecule has 0 aliphatic carbocycles. The Labute approximate surface area is 116 Å². The van der Waals surface area contributed by atoms with Gasteiger partial charge in [0.05, 0.1) is 4.90 Å². The largest absolute Gasteiger partial charge is 0.240 e. The van der Waals surface area contributed by atoms with Crippen molar-refractivity contribution >= 4 is 37.6 Å². The maximum Gasteiger partial charge on any atom is 0.240 e. The minimum absolute atomic E-state index is 0.243. The Kier molecular flexibility index (Phi) is 5.92. The molecule has 0 aromatic heterocycles. The van der Waals surface area contributed by atoms with Gasteiger partial charge >= 0.3 is 0 Å². The second-order valence-electron chi connectivity index (χ2n) is 3.89. The molecule has 1 unspecified atom stereocenters. The molecule has 0 radical (unpaired) electrons. The summed E-state index contributed by atoms with van der Waals surface area (Å²) in [4.78, 5) is 0.243. The Bertz CT molecular complexity index is 447. The minimum atomic E-state index is -3.41. The molecule has 0 saturated carbocycles. The molecule has 0 saturated heterocycles.